The molecule has 2 rings (SSSR count). The number of aliphatic carboxylic acids is 1. The van der Waals surface area contributed by atoms with Gasteiger partial charge in [0.1, 0.15) is 0 Å². The summed E-state index contributed by atoms with van der Waals surface area (Å²) in [5.74, 6) is -2.99. The molecule has 1 saturated carbocycles. The molecule has 6 nitrogen and oxygen atoms in total. The van der Waals surface area contributed by atoms with E-state index in [2.05, 4.69) is 5.32 Å². The number of amides is 2. The first-order valence-corrected chi connectivity index (χ1v) is 6.42. The maximum Gasteiger partial charge on any atom is 0.307 e. The highest BCUT2D eigenvalue weighted by Crippen LogP contribution is 2.32. The van der Waals surface area contributed by atoms with Crippen LogP contribution >= 0.6 is 0 Å². The minimum absolute atomic E-state index is 0.295. The number of carboxylic acid groups (broad SMARTS) is 1. The smallest absolute Gasteiger partial charge is 0.307 e. The van der Waals surface area contributed by atoms with E-state index in [4.69, 9.17) is 10.8 Å². The zero-order chi connectivity index (χ0) is 14.7. The van der Waals surface area contributed by atoms with Crippen molar-refractivity contribution in [2.24, 2.45) is 17.6 Å². The van der Waals surface area contributed by atoms with E-state index < -0.39 is 23.7 Å². The monoisotopic (exact) mass is 276 g/mol. The summed E-state index contributed by atoms with van der Waals surface area (Å²) in [4.78, 5) is 34.3. The van der Waals surface area contributed by atoms with Crippen LogP contribution in [0.4, 0.5) is 5.69 Å². The Morgan fingerprint density at radius 3 is 2.55 bits per heavy atom. The Hall–Kier alpha value is -2.37. The van der Waals surface area contributed by atoms with Gasteiger partial charge < -0.3 is 16.2 Å². The number of primary amides is 1. The molecule has 0 saturated heterocycles. The van der Waals surface area contributed by atoms with Gasteiger partial charge in [-0.2, -0.15) is 0 Å². The zero-order valence-electron chi connectivity index (χ0n) is 10.8. The summed E-state index contributed by atoms with van der Waals surface area (Å²) < 4.78 is 0. The molecule has 6 heteroatoms. The van der Waals surface area contributed by atoms with Crippen LogP contribution in [-0.2, 0) is 9.59 Å². The summed E-state index contributed by atoms with van der Waals surface area (Å²) in [5.41, 5.74) is 5.91. The van der Waals surface area contributed by atoms with Crippen LogP contribution in [0.2, 0.25) is 0 Å². The van der Waals surface area contributed by atoms with Gasteiger partial charge >= 0.3 is 5.97 Å². The van der Waals surface area contributed by atoms with Gasteiger partial charge in [-0.25, -0.2) is 0 Å². The molecule has 2 amide bonds. The summed E-state index contributed by atoms with van der Waals surface area (Å²) >= 11 is 0. The van der Waals surface area contributed by atoms with Crippen molar-refractivity contribution < 1.29 is 19.5 Å². The molecule has 0 spiro atoms. The fourth-order valence-electron chi connectivity index (χ4n) is 2.55. The van der Waals surface area contributed by atoms with E-state index >= 15 is 0 Å². The third-order valence-electron chi connectivity index (χ3n) is 3.58. The summed E-state index contributed by atoms with van der Waals surface area (Å²) in [5, 5.41) is 11.7. The van der Waals surface area contributed by atoms with Crippen molar-refractivity contribution >= 4 is 23.5 Å². The molecule has 2 atom stereocenters. The van der Waals surface area contributed by atoms with Crippen molar-refractivity contribution in [1.82, 2.24) is 0 Å². The molecule has 1 aliphatic carbocycles. The van der Waals surface area contributed by atoms with E-state index in [1.165, 1.54) is 6.07 Å². The molecular formula is C14H16N2O4. The summed E-state index contributed by atoms with van der Waals surface area (Å²) in [6, 6.07) is 6.27. The van der Waals surface area contributed by atoms with Crippen molar-refractivity contribution in [3.63, 3.8) is 0 Å². The molecule has 2 unspecified atom stereocenters. The number of carboxylic acids is 1. The molecule has 20 heavy (non-hydrogen) atoms. The standard InChI is InChI=1S/C14H16N2O4/c15-12(17)8-3-1-4-9(7-8)16-13(18)10-5-2-6-11(10)14(19)20/h1,3-4,7,10-11H,2,5-6H2,(H2,15,17)(H,16,18)(H,19,20). The van der Waals surface area contributed by atoms with Crippen molar-refractivity contribution in [2.75, 3.05) is 5.32 Å². The lowest BCUT2D eigenvalue weighted by Crippen LogP contribution is -2.30. The molecule has 106 valence electrons. The second-order valence-electron chi connectivity index (χ2n) is 4.92. The van der Waals surface area contributed by atoms with Gasteiger partial charge in [0.05, 0.1) is 11.8 Å². The molecule has 0 radical (unpaired) electrons. The fourth-order valence-corrected chi connectivity index (χ4v) is 2.55. The van der Waals surface area contributed by atoms with Gasteiger partial charge in [-0.15, -0.1) is 0 Å². The summed E-state index contributed by atoms with van der Waals surface area (Å²) in [6.07, 6.45) is 1.82. The number of benzene rings is 1. The molecule has 1 fully saturated rings. The third-order valence-corrected chi connectivity index (χ3v) is 3.58. The van der Waals surface area contributed by atoms with E-state index in [1.807, 2.05) is 0 Å². The lowest BCUT2D eigenvalue weighted by atomic mass is 9.95. The Labute approximate surface area is 116 Å². The fraction of sp³-hybridized carbons (Fsp3) is 0.357. The van der Waals surface area contributed by atoms with Crippen LogP contribution in [-0.4, -0.2) is 22.9 Å². The average molecular weight is 276 g/mol. The van der Waals surface area contributed by atoms with E-state index in [1.54, 1.807) is 18.2 Å². The Bertz CT molecular complexity index is 556. The van der Waals surface area contributed by atoms with Crippen LogP contribution in [0.3, 0.4) is 0 Å². The highest BCUT2D eigenvalue weighted by atomic mass is 16.4. The SMILES string of the molecule is NC(=O)c1cccc(NC(=O)C2CCCC2C(=O)O)c1. The van der Waals surface area contributed by atoms with E-state index in [9.17, 15) is 14.4 Å². The minimum atomic E-state index is -0.937. The lowest BCUT2D eigenvalue weighted by Gasteiger charge is -2.15. The number of nitrogens with one attached hydrogen (secondary N) is 1. The number of rotatable bonds is 4. The molecule has 4 N–H and O–H groups in total. The van der Waals surface area contributed by atoms with E-state index in [0.29, 0.717) is 24.1 Å². The third kappa shape index (κ3) is 2.96. The Morgan fingerprint density at radius 1 is 1.20 bits per heavy atom. The molecular weight excluding hydrogens is 260 g/mol. The topological polar surface area (TPSA) is 109 Å². The number of anilines is 1. The van der Waals surface area contributed by atoms with Gasteiger partial charge in [0, 0.05) is 11.3 Å². The normalized spacial score (nSPS) is 21.4. The first-order valence-electron chi connectivity index (χ1n) is 6.42. The van der Waals surface area contributed by atoms with Crippen LogP contribution in [0.1, 0.15) is 29.6 Å². The maximum atomic E-state index is 12.1. The van der Waals surface area contributed by atoms with Crippen LogP contribution in [0.25, 0.3) is 0 Å². The van der Waals surface area contributed by atoms with Gasteiger partial charge in [-0.05, 0) is 31.0 Å². The van der Waals surface area contributed by atoms with E-state index in [0.717, 1.165) is 6.42 Å². The van der Waals surface area contributed by atoms with Crippen LogP contribution in [0, 0.1) is 11.8 Å². The first-order chi connectivity index (χ1) is 9.49. The maximum absolute atomic E-state index is 12.1. The number of carbonyl (C=O) groups excluding carboxylic acids is 2. The number of nitrogens with two attached hydrogens (primary N) is 1. The molecule has 0 bridgehead atoms. The Kier molecular flexibility index (Phi) is 4.02. The predicted molar refractivity (Wildman–Crippen MR) is 72.1 cm³/mol. The molecule has 1 aromatic rings. The van der Waals surface area contributed by atoms with Crippen LogP contribution in [0.5, 0.6) is 0 Å². The molecule has 1 aliphatic rings. The quantitative estimate of drug-likeness (QED) is 0.768. The Morgan fingerprint density at radius 2 is 1.90 bits per heavy atom. The van der Waals surface area contributed by atoms with Crippen LogP contribution in [0.15, 0.2) is 24.3 Å². The first kappa shape index (κ1) is 14.0. The highest BCUT2D eigenvalue weighted by Gasteiger charge is 2.37. The van der Waals surface area contributed by atoms with Gasteiger partial charge in [-0.1, -0.05) is 12.5 Å². The van der Waals surface area contributed by atoms with Gasteiger partial charge in [-0.3, -0.25) is 14.4 Å². The number of carbonyl (C=O) groups is 3. The number of hydrogen-bond donors (Lipinski definition) is 3. The Balaban J connectivity index is 2.09. The second-order valence-corrected chi connectivity index (χ2v) is 4.92. The highest BCUT2D eigenvalue weighted by molar-refractivity contribution is 5.98. The largest absolute Gasteiger partial charge is 0.481 e. The average Bonchev–Trinajstić information content (AvgIpc) is 2.88. The van der Waals surface area contributed by atoms with Crippen molar-refractivity contribution in [1.29, 1.82) is 0 Å². The van der Waals surface area contributed by atoms with Crippen LogP contribution < -0.4 is 11.1 Å². The predicted octanol–water partition coefficient (Wildman–Crippen LogP) is 1.22. The molecule has 0 aliphatic heterocycles. The van der Waals surface area contributed by atoms with Crippen molar-refractivity contribution in [3.8, 4) is 0 Å². The summed E-state index contributed by atoms with van der Waals surface area (Å²) in [6.45, 7) is 0. The molecule has 0 aromatic heterocycles. The lowest BCUT2D eigenvalue weighted by molar-refractivity contribution is -0.145. The molecule has 1 aromatic carbocycles. The van der Waals surface area contributed by atoms with Crippen molar-refractivity contribution in [2.45, 2.75) is 19.3 Å². The minimum Gasteiger partial charge on any atom is -0.481 e. The van der Waals surface area contributed by atoms with Crippen molar-refractivity contribution in [3.05, 3.63) is 29.8 Å². The van der Waals surface area contributed by atoms with Gasteiger partial charge in [0.15, 0.2) is 0 Å². The van der Waals surface area contributed by atoms with Gasteiger partial charge in [0.25, 0.3) is 0 Å². The number of hydrogen-bond acceptors (Lipinski definition) is 3. The summed E-state index contributed by atoms with van der Waals surface area (Å²) in [7, 11) is 0. The van der Waals surface area contributed by atoms with E-state index in [-0.39, 0.29) is 5.91 Å². The van der Waals surface area contributed by atoms with Gasteiger partial charge in [0.2, 0.25) is 11.8 Å². The zero-order valence-corrected chi connectivity index (χ0v) is 10.8. The second kappa shape index (κ2) is 5.73. The molecule has 0 heterocycles.